The van der Waals surface area contributed by atoms with Crippen molar-refractivity contribution in [3.05, 3.63) is 45.8 Å². The molecule has 0 aliphatic carbocycles. The monoisotopic (exact) mass is 242 g/mol. The van der Waals surface area contributed by atoms with Gasteiger partial charge in [-0.25, -0.2) is 4.85 Å². The number of nitrogens with zero attached hydrogens (tertiary/aromatic N) is 2. The van der Waals surface area contributed by atoms with Gasteiger partial charge in [0.15, 0.2) is 6.29 Å². The lowest BCUT2D eigenvalue weighted by Gasteiger charge is -2.06. The highest BCUT2D eigenvalue weighted by Gasteiger charge is 2.20. The molecule has 2 rings (SSSR count). The Kier molecular flexibility index (Phi) is 2.84. The fourth-order valence-electron chi connectivity index (χ4n) is 2.10. The zero-order chi connectivity index (χ0) is 13.4. The molecule has 2 aromatic rings. The lowest BCUT2D eigenvalue weighted by Crippen LogP contribution is -1.98. The fourth-order valence-corrected chi connectivity index (χ4v) is 2.10. The molecule has 2 aromatic heterocycles. The molecule has 0 saturated heterocycles. The van der Waals surface area contributed by atoms with Gasteiger partial charge in [0.2, 0.25) is 5.88 Å². The lowest BCUT2D eigenvalue weighted by atomic mass is 10.2. The summed E-state index contributed by atoms with van der Waals surface area (Å²) in [6.45, 7) is 14.7. The van der Waals surface area contributed by atoms with Crippen molar-refractivity contribution < 1.29 is 9.21 Å². The van der Waals surface area contributed by atoms with E-state index in [0.717, 1.165) is 29.0 Å². The van der Waals surface area contributed by atoms with Crippen LogP contribution in [0, 0.1) is 34.3 Å². The predicted octanol–water partition coefficient (Wildman–Crippen LogP) is 3.67. The van der Waals surface area contributed by atoms with Crippen LogP contribution in [0.3, 0.4) is 0 Å². The highest BCUT2D eigenvalue weighted by molar-refractivity contribution is 5.78. The maximum Gasteiger partial charge on any atom is 0.252 e. The summed E-state index contributed by atoms with van der Waals surface area (Å²) in [6, 6.07) is 1.79. The molecule has 4 nitrogen and oxygen atoms in total. The van der Waals surface area contributed by atoms with Crippen LogP contribution >= 0.6 is 0 Å². The van der Waals surface area contributed by atoms with E-state index in [4.69, 9.17) is 11.0 Å². The van der Waals surface area contributed by atoms with Crippen LogP contribution in [0.15, 0.2) is 10.5 Å². The summed E-state index contributed by atoms with van der Waals surface area (Å²) in [5, 5.41) is 0. The molecule has 0 saturated carbocycles. The van der Waals surface area contributed by atoms with E-state index in [2.05, 4.69) is 4.85 Å². The van der Waals surface area contributed by atoms with Crippen molar-refractivity contribution in [2.75, 3.05) is 0 Å². The van der Waals surface area contributed by atoms with E-state index >= 15 is 0 Å². The molecule has 0 N–H and O–H groups in total. The molecule has 18 heavy (non-hydrogen) atoms. The van der Waals surface area contributed by atoms with Gasteiger partial charge >= 0.3 is 0 Å². The van der Waals surface area contributed by atoms with Gasteiger partial charge in [-0.05, 0) is 39.3 Å². The molecule has 0 unspecified atom stereocenters. The van der Waals surface area contributed by atoms with E-state index in [1.54, 1.807) is 6.07 Å². The number of rotatable bonds is 2. The highest BCUT2D eigenvalue weighted by Crippen LogP contribution is 2.35. The molecule has 0 bridgehead atoms. The molecule has 0 atom stereocenters. The Morgan fingerprint density at radius 2 is 2.00 bits per heavy atom. The van der Waals surface area contributed by atoms with E-state index < -0.39 is 0 Å². The van der Waals surface area contributed by atoms with Crippen molar-refractivity contribution in [2.24, 2.45) is 0 Å². The molecular formula is C14H14N2O2. The van der Waals surface area contributed by atoms with Gasteiger partial charge in [0.05, 0.1) is 12.3 Å². The van der Waals surface area contributed by atoms with Crippen molar-refractivity contribution in [3.63, 3.8) is 0 Å². The second-order valence-electron chi connectivity index (χ2n) is 4.33. The molecule has 0 aliphatic rings. The quantitative estimate of drug-likeness (QED) is 0.595. The molecule has 0 aliphatic heterocycles. The molecule has 0 aromatic carbocycles. The standard InChI is InChI=1S/C14H14N2O2/c1-8-6-12(7-17)10(3)16(8)14-13(15-5)9(2)11(4)18-14/h6-7H,1-4H3. The Bertz CT molecular complexity index is 669. The van der Waals surface area contributed by atoms with Crippen LogP contribution in [0.4, 0.5) is 5.69 Å². The smallest absolute Gasteiger partial charge is 0.252 e. The van der Waals surface area contributed by atoms with Crippen molar-refractivity contribution in [1.82, 2.24) is 4.57 Å². The van der Waals surface area contributed by atoms with E-state index in [1.165, 1.54) is 0 Å². The van der Waals surface area contributed by atoms with Crippen LogP contribution in [0.5, 0.6) is 0 Å². The first-order valence-electron chi connectivity index (χ1n) is 5.63. The summed E-state index contributed by atoms with van der Waals surface area (Å²) in [5.41, 5.74) is 3.65. The predicted molar refractivity (Wildman–Crippen MR) is 68.6 cm³/mol. The van der Waals surface area contributed by atoms with Crippen LogP contribution in [0.2, 0.25) is 0 Å². The molecule has 0 fully saturated rings. The first-order valence-corrected chi connectivity index (χ1v) is 5.63. The summed E-state index contributed by atoms with van der Waals surface area (Å²) in [4.78, 5) is 14.5. The zero-order valence-corrected chi connectivity index (χ0v) is 10.9. The Morgan fingerprint density at radius 1 is 1.33 bits per heavy atom. The Balaban J connectivity index is 2.78. The van der Waals surface area contributed by atoms with Gasteiger partial charge in [-0.1, -0.05) is 0 Å². The minimum absolute atomic E-state index is 0.503. The van der Waals surface area contributed by atoms with E-state index in [-0.39, 0.29) is 0 Å². The van der Waals surface area contributed by atoms with Crippen LogP contribution in [0.25, 0.3) is 10.7 Å². The average Bonchev–Trinajstić information content (AvgIpc) is 2.77. The van der Waals surface area contributed by atoms with Gasteiger partial charge in [-0.2, -0.15) is 0 Å². The second-order valence-corrected chi connectivity index (χ2v) is 4.33. The van der Waals surface area contributed by atoms with Gasteiger partial charge in [0.1, 0.15) is 0 Å². The van der Waals surface area contributed by atoms with Gasteiger partial charge in [-0.3, -0.25) is 9.36 Å². The molecule has 4 heteroatoms. The van der Waals surface area contributed by atoms with Crippen molar-refractivity contribution >= 4 is 12.0 Å². The molecule has 0 spiro atoms. The summed E-state index contributed by atoms with van der Waals surface area (Å²) in [5.74, 6) is 1.24. The number of hydrogen-bond donors (Lipinski definition) is 0. The van der Waals surface area contributed by atoms with Crippen molar-refractivity contribution in [1.29, 1.82) is 0 Å². The van der Waals surface area contributed by atoms with E-state index in [0.29, 0.717) is 17.1 Å². The second kappa shape index (κ2) is 4.19. The van der Waals surface area contributed by atoms with Crippen LogP contribution in [-0.2, 0) is 0 Å². The Hall–Kier alpha value is -2.28. The zero-order valence-electron chi connectivity index (χ0n) is 10.9. The molecule has 0 radical (unpaired) electrons. The van der Waals surface area contributed by atoms with Gasteiger partial charge < -0.3 is 4.42 Å². The average molecular weight is 242 g/mol. The van der Waals surface area contributed by atoms with Gasteiger partial charge in [0.25, 0.3) is 5.69 Å². The van der Waals surface area contributed by atoms with Crippen molar-refractivity contribution in [2.45, 2.75) is 27.7 Å². The largest absolute Gasteiger partial charge is 0.456 e. The minimum Gasteiger partial charge on any atom is -0.456 e. The number of aryl methyl sites for hydroxylation is 2. The SMILES string of the molecule is [C-]#[N+]c1c(-n2c(C)cc(C=O)c2C)oc(C)c1C. The minimum atomic E-state index is 0.503. The van der Waals surface area contributed by atoms with Crippen LogP contribution in [0.1, 0.15) is 33.1 Å². The van der Waals surface area contributed by atoms with Gasteiger partial charge in [-0.15, -0.1) is 0 Å². The summed E-state index contributed by atoms with van der Waals surface area (Å²) < 4.78 is 7.49. The third kappa shape index (κ3) is 1.56. The first kappa shape index (κ1) is 12.2. The number of carbonyl (C=O) groups is 1. The van der Waals surface area contributed by atoms with Gasteiger partial charge in [0, 0.05) is 17.0 Å². The number of hydrogen-bond acceptors (Lipinski definition) is 2. The maximum atomic E-state index is 10.9. The number of aldehydes is 1. The maximum absolute atomic E-state index is 10.9. The molecule has 0 amide bonds. The van der Waals surface area contributed by atoms with E-state index in [1.807, 2.05) is 32.3 Å². The first-order chi connectivity index (χ1) is 8.51. The fraction of sp³-hybridized carbons (Fsp3) is 0.286. The van der Waals surface area contributed by atoms with E-state index in [9.17, 15) is 4.79 Å². The normalized spacial score (nSPS) is 10.4. The van der Waals surface area contributed by atoms with Crippen molar-refractivity contribution in [3.8, 4) is 5.88 Å². The summed E-state index contributed by atoms with van der Waals surface area (Å²) >= 11 is 0. The lowest BCUT2D eigenvalue weighted by molar-refractivity contribution is 0.112. The highest BCUT2D eigenvalue weighted by atomic mass is 16.4. The Morgan fingerprint density at radius 3 is 2.50 bits per heavy atom. The molecule has 2 heterocycles. The topological polar surface area (TPSA) is 39.5 Å². The summed E-state index contributed by atoms with van der Waals surface area (Å²) in [6.07, 6.45) is 0.818. The number of aromatic nitrogens is 1. The third-order valence-corrected chi connectivity index (χ3v) is 3.25. The number of furan rings is 1. The molecular weight excluding hydrogens is 228 g/mol. The van der Waals surface area contributed by atoms with Crippen LogP contribution in [-0.4, -0.2) is 10.9 Å². The molecule has 92 valence electrons. The Labute approximate surface area is 106 Å². The number of carbonyl (C=O) groups excluding carboxylic acids is 1. The summed E-state index contributed by atoms with van der Waals surface area (Å²) in [7, 11) is 0. The van der Waals surface area contributed by atoms with Crippen LogP contribution < -0.4 is 0 Å². The third-order valence-electron chi connectivity index (χ3n) is 3.25.